The van der Waals surface area contributed by atoms with E-state index in [-0.39, 0.29) is 0 Å². The molecular formula is C23H19NO3. The molecule has 0 saturated carbocycles. The van der Waals surface area contributed by atoms with Gasteiger partial charge in [0.2, 0.25) is 0 Å². The van der Waals surface area contributed by atoms with Crippen LogP contribution < -0.4 is 9.64 Å². The highest BCUT2D eigenvalue weighted by Gasteiger charge is 2.63. The summed E-state index contributed by atoms with van der Waals surface area (Å²) < 4.78 is 12.3. The summed E-state index contributed by atoms with van der Waals surface area (Å²) in [6, 6.07) is 21.8. The molecule has 1 spiro atoms. The van der Waals surface area contributed by atoms with E-state index < -0.39 is 17.4 Å². The Morgan fingerprint density at radius 3 is 2.26 bits per heavy atom. The number of hydrogen-bond donors (Lipinski definition) is 0. The van der Waals surface area contributed by atoms with Crippen LogP contribution in [-0.4, -0.2) is 17.4 Å². The van der Waals surface area contributed by atoms with E-state index in [0.29, 0.717) is 0 Å². The van der Waals surface area contributed by atoms with Crippen molar-refractivity contribution in [3.8, 4) is 5.75 Å². The Morgan fingerprint density at radius 2 is 1.52 bits per heavy atom. The molecule has 0 bridgehead atoms. The smallest absolute Gasteiger partial charge is 0.418 e. The molecule has 0 N–H and O–H groups in total. The van der Waals surface area contributed by atoms with Gasteiger partial charge in [-0.05, 0) is 61.0 Å². The summed E-state index contributed by atoms with van der Waals surface area (Å²) in [5.74, 6) is 0.739. The predicted octanol–water partition coefficient (Wildman–Crippen LogP) is 5.38. The number of rotatable bonds is 1. The van der Waals surface area contributed by atoms with Gasteiger partial charge in [-0.1, -0.05) is 42.5 Å². The van der Waals surface area contributed by atoms with E-state index in [2.05, 4.69) is 18.2 Å². The van der Waals surface area contributed by atoms with Crippen LogP contribution in [0.15, 0.2) is 72.8 Å². The first kappa shape index (κ1) is 15.9. The maximum Gasteiger partial charge on any atom is 0.418 e. The van der Waals surface area contributed by atoms with Gasteiger partial charge in [-0.15, -0.1) is 0 Å². The van der Waals surface area contributed by atoms with Crippen molar-refractivity contribution in [2.24, 2.45) is 0 Å². The SMILES string of the molecule is CC1(C)OC(=O)N(c2ccccc2)[C@]12C=Cc1cc3ccccc3cc1O2. The van der Waals surface area contributed by atoms with Crippen molar-refractivity contribution in [3.63, 3.8) is 0 Å². The third-order valence-corrected chi connectivity index (χ3v) is 5.37. The summed E-state index contributed by atoms with van der Waals surface area (Å²) in [6.07, 6.45) is 3.53. The fourth-order valence-corrected chi connectivity index (χ4v) is 3.92. The van der Waals surface area contributed by atoms with E-state index >= 15 is 0 Å². The number of fused-ring (bicyclic) bond motifs is 2. The lowest BCUT2D eigenvalue weighted by molar-refractivity contribution is -0.0378. The van der Waals surface area contributed by atoms with Gasteiger partial charge in [0, 0.05) is 5.56 Å². The first-order chi connectivity index (χ1) is 13.0. The van der Waals surface area contributed by atoms with Gasteiger partial charge in [-0.3, -0.25) is 0 Å². The zero-order valence-corrected chi connectivity index (χ0v) is 15.2. The molecule has 2 heterocycles. The Labute approximate surface area is 157 Å². The van der Waals surface area contributed by atoms with Crippen molar-refractivity contribution in [1.29, 1.82) is 0 Å². The number of amides is 1. The van der Waals surface area contributed by atoms with E-state index in [9.17, 15) is 4.79 Å². The Morgan fingerprint density at radius 1 is 0.852 bits per heavy atom. The highest BCUT2D eigenvalue weighted by Crippen LogP contribution is 2.48. The number of anilines is 1. The van der Waals surface area contributed by atoms with Crippen LogP contribution in [0.2, 0.25) is 0 Å². The average molecular weight is 357 g/mol. The second-order valence-electron chi connectivity index (χ2n) is 7.42. The lowest BCUT2D eigenvalue weighted by atomic mass is 9.89. The molecule has 0 aliphatic carbocycles. The van der Waals surface area contributed by atoms with Crippen molar-refractivity contribution in [1.82, 2.24) is 0 Å². The van der Waals surface area contributed by atoms with E-state index in [0.717, 1.165) is 27.8 Å². The van der Waals surface area contributed by atoms with Crippen LogP contribution >= 0.6 is 0 Å². The standard InChI is InChI=1S/C23H19NO3/c1-22(2)23(24(21(25)27-22)19-10-4-3-5-11-19)13-12-18-14-16-8-6-7-9-17(16)15-20(18)26-23/h3-15H,1-2H3/t23-/m0/s1. The molecule has 2 aliphatic rings. The zero-order chi connectivity index (χ0) is 18.6. The number of carbonyl (C=O) groups is 1. The predicted molar refractivity (Wildman–Crippen MR) is 106 cm³/mol. The first-order valence-corrected chi connectivity index (χ1v) is 8.99. The Bertz CT molecular complexity index is 1090. The van der Waals surface area contributed by atoms with Gasteiger partial charge in [0.25, 0.3) is 5.72 Å². The molecule has 0 aromatic heterocycles. The van der Waals surface area contributed by atoms with Gasteiger partial charge >= 0.3 is 6.09 Å². The first-order valence-electron chi connectivity index (χ1n) is 8.99. The second kappa shape index (κ2) is 5.36. The summed E-state index contributed by atoms with van der Waals surface area (Å²) in [4.78, 5) is 14.4. The number of ether oxygens (including phenoxy) is 2. The van der Waals surface area contributed by atoms with E-state index in [1.807, 2.05) is 74.5 Å². The largest absolute Gasteiger partial charge is 0.459 e. The number of para-hydroxylation sites is 1. The molecule has 4 nitrogen and oxygen atoms in total. The molecule has 134 valence electrons. The van der Waals surface area contributed by atoms with Crippen molar-refractivity contribution >= 4 is 28.6 Å². The third kappa shape index (κ3) is 2.19. The molecule has 1 amide bonds. The topological polar surface area (TPSA) is 38.8 Å². The number of carbonyl (C=O) groups excluding carboxylic acids is 1. The van der Waals surface area contributed by atoms with Crippen LogP contribution in [0.3, 0.4) is 0 Å². The summed E-state index contributed by atoms with van der Waals surface area (Å²) in [6.45, 7) is 3.76. The molecular weight excluding hydrogens is 338 g/mol. The lowest BCUT2D eigenvalue weighted by Gasteiger charge is -2.42. The van der Waals surface area contributed by atoms with Gasteiger partial charge in [0.05, 0.1) is 5.69 Å². The van der Waals surface area contributed by atoms with Crippen molar-refractivity contribution < 1.29 is 14.3 Å². The highest BCUT2D eigenvalue weighted by molar-refractivity contribution is 5.94. The van der Waals surface area contributed by atoms with Gasteiger partial charge < -0.3 is 9.47 Å². The second-order valence-corrected chi connectivity index (χ2v) is 7.42. The van der Waals surface area contributed by atoms with E-state index in [4.69, 9.17) is 9.47 Å². The summed E-state index contributed by atoms with van der Waals surface area (Å²) >= 11 is 0. The van der Waals surface area contributed by atoms with Crippen molar-refractivity contribution in [2.45, 2.75) is 25.2 Å². The molecule has 3 aromatic carbocycles. The molecule has 27 heavy (non-hydrogen) atoms. The number of nitrogens with zero attached hydrogens (tertiary/aromatic N) is 1. The highest BCUT2D eigenvalue weighted by atomic mass is 16.6. The minimum Gasteiger partial charge on any atom is -0.459 e. The Balaban J connectivity index is 1.69. The summed E-state index contributed by atoms with van der Waals surface area (Å²) in [5, 5.41) is 2.24. The Hall–Kier alpha value is -3.27. The van der Waals surface area contributed by atoms with Crippen LogP contribution in [-0.2, 0) is 4.74 Å². The van der Waals surface area contributed by atoms with Crippen molar-refractivity contribution in [2.75, 3.05) is 4.90 Å². The fourth-order valence-electron chi connectivity index (χ4n) is 3.92. The maximum atomic E-state index is 12.8. The van der Waals surface area contributed by atoms with Crippen LogP contribution in [0.25, 0.3) is 16.8 Å². The van der Waals surface area contributed by atoms with Gasteiger partial charge in [-0.2, -0.15) is 0 Å². The van der Waals surface area contributed by atoms with Crippen LogP contribution in [0.5, 0.6) is 5.75 Å². The molecule has 2 aliphatic heterocycles. The molecule has 1 atom stereocenters. The Kier molecular flexibility index (Phi) is 3.17. The fraction of sp³-hybridized carbons (Fsp3) is 0.174. The van der Waals surface area contributed by atoms with Gasteiger partial charge in [-0.25, -0.2) is 9.69 Å². The minimum absolute atomic E-state index is 0.417. The van der Waals surface area contributed by atoms with Crippen LogP contribution in [0, 0.1) is 0 Å². The summed E-state index contributed by atoms with van der Waals surface area (Å²) in [7, 11) is 0. The number of hydrogen-bond acceptors (Lipinski definition) is 3. The van der Waals surface area contributed by atoms with E-state index in [1.54, 1.807) is 4.90 Å². The molecule has 3 aromatic rings. The minimum atomic E-state index is -1.05. The molecule has 5 rings (SSSR count). The molecule has 0 unspecified atom stereocenters. The normalized spacial score (nSPS) is 22.6. The van der Waals surface area contributed by atoms with Gasteiger partial charge in [0.1, 0.15) is 5.75 Å². The zero-order valence-electron chi connectivity index (χ0n) is 15.2. The quantitative estimate of drug-likeness (QED) is 0.587. The van der Waals surface area contributed by atoms with E-state index in [1.165, 1.54) is 0 Å². The number of benzene rings is 3. The van der Waals surface area contributed by atoms with Crippen LogP contribution in [0.1, 0.15) is 19.4 Å². The number of cyclic esters (lactones) is 1. The van der Waals surface area contributed by atoms with Crippen molar-refractivity contribution in [3.05, 3.63) is 78.4 Å². The molecule has 4 heteroatoms. The molecule has 0 radical (unpaired) electrons. The van der Waals surface area contributed by atoms with Gasteiger partial charge in [0.15, 0.2) is 5.60 Å². The van der Waals surface area contributed by atoms with Crippen LogP contribution in [0.4, 0.5) is 10.5 Å². The average Bonchev–Trinajstić information content (AvgIpc) is 2.85. The third-order valence-electron chi connectivity index (χ3n) is 5.37. The molecule has 1 fully saturated rings. The monoisotopic (exact) mass is 357 g/mol. The summed E-state index contributed by atoms with van der Waals surface area (Å²) in [5.41, 5.74) is -0.190. The lowest BCUT2D eigenvalue weighted by Crippen LogP contribution is -2.60. The molecule has 1 saturated heterocycles. The maximum absolute atomic E-state index is 12.8.